The van der Waals surface area contributed by atoms with Gasteiger partial charge in [0, 0.05) is 16.6 Å². The Morgan fingerprint density at radius 3 is 2.29 bits per heavy atom. The van der Waals surface area contributed by atoms with Gasteiger partial charge in [-0.05, 0) is 34.5 Å². The van der Waals surface area contributed by atoms with E-state index in [4.69, 9.17) is 14.6 Å². The molecular formula is C14H14BrNO6S2. The molecule has 1 heterocycles. The number of carboxylic acid groups (broad SMARTS) is 1. The Bertz CT molecular complexity index is 891. The van der Waals surface area contributed by atoms with Crippen LogP contribution in [0, 0.1) is 6.92 Å². The number of benzene rings is 1. The first-order valence-corrected chi connectivity index (χ1v) is 9.57. The summed E-state index contributed by atoms with van der Waals surface area (Å²) in [5, 5.41) is 9.06. The maximum atomic E-state index is 12.5. The average Bonchev–Trinajstić information content (AvgIpc) is 2.91. The van der Waals surface area contributed by atoms with Gasteiger partial charge in [-0.3, -0.25) is 4.72 Å². The number of hydrogen-bond donors (Lipinski definition) is 2. The summed E-state index contributed by atoms with van der Waals surface area (Å²) < 4.78 is 38.1. The molecule has 24 heavy (non-hydrogen) atoms. The molecule has 2 aromatic rings. The van der Waals surface area contributed by atoms with Gasteiger partial charge in [0.15, 0.2) is 11.5 Å². The zero-order valence-electron chi connectivity index (χ0n) is 12.9. The maximum absolute atomic E-state index is 12.5. The van der Waals surface area contributed by atoms with E-state index in [1.807, 2.05) is 0 Å². The molecule has 0 fully saturated rings. The molecule has 0 bridgehead atoms. The monoisotopic (exact) mass is 435 g/mol. The van der Waals surface area contributed by atoms with Gasteiger partial charge in [-0.15, -0.1) is 11.3 Å². The highest BCUT2D eigenvalue weighted by molar-refractivity contribution is 9.10. The molecule has 2 N–H and O–H groups in total. The number of aromatic carboxylic acids is 1. The Morgan fingerprint density at radius 1 is 1.21 bits per heavy atom. The van der Waals surface area contributed by atoms with Crippen LogP contribution in [0.2, 0.25) is 0 Å². The van der Waals surface area contributed by atoms with E-state index in [9.17, 15) is 13.2 Å². The van der Waals surface area contributed by atoms with Crippen LogP contribution < -0.4 is 14.2 Å². The number of thiophene rings is 1. The van der Waals surface area contributed by atoms with Gasteiger partial charge < -0.3 is 14.6 Å². The zero-order chi connectivity index (χ0) is 18.1. The molecule has 0 saturated heterocycles. The first-order valence-electron chi connectivity index (χ1n) is 6.47. The zero-order valence-corrected chi connectivity index (χ0v) is 16.1. The van der Waals surface area contributed by atoms with Gasteiger partial charge in [0.2, 0.25) is 0 Å². The fraction of sp³-hybridized carbons (Fsp3) is 0.214. The first-order chi connectivity index (χ1) is 11.2. The second-order valence-corrected chi connectivity index (χ2v) is 8.49. The van der Waals surface area contributed by atoms with Crippen LogP contribution >= 0.6 is 27.3 Å². The molecular weight excluding hydrogens is 422 g/mol. The van der Waals surface area contributed by atoms with Crippen LogP contribution in [0.1, 0.15) is 15.2 Å². The number of rotatable bonds is 6. The Morgan fingerprint density at radius 2 is 1.79 bits per heavy atom. The molecule has 1 aromatic carbocycles. The number of carboxylic acids is 1. The molecule has 0 unspecified atom stereocenters. The SMILES string of the molecule is COc1cc(Br)c(NS(=O)(=O)c2cc(C)c(C(=O)O)s2)cc1OC. The largest absolute Gasteiger partial charge is 0.493 e. The number of nitrogens with one attached hydrogen (secondary N) is 1. The first kappa shape index (κ1) is 18.6. The third-order valence-electron chi connectivity index (χ3n) is 3.07. The van der Waals surface area contributed by atoms with Crippen molar-refractivity contribution in [3.63, 3.8) is 0 Å². The van der Waals surface area contributed by atoms with Crippen molar-refractivity contribution in [1.82, 2.24) is 0 Å². The summed E-state index contributed by atoms with van der Waals surface area (Å²) in [4.78, 5) is 11.1. The fourth-order valence-corrected chi connectivity index (χ4v) is 4.93. The van der Waals surface area contributed by atoms with Gasteiger partial charge in [0.05, 0.1) is 19.9 Å². The van der Waals surface area contributed by atoms with Crippen LogP contribution in [0.3, 0.4) is 0 Å². The van der Waals surface area contributed by atoms with E-state index in [-0.39, 0.29) is 14.8 Å². The molecule has 2 rings (SSSR count). The number of sulfonamides is 1. The van der Waals surface area contributed by atoms with Crippen molar-refractivity contribution in [2.24, 2.45) is 0 Å². The van der Waals surface area contributed by atoms with Crippen LogP contribution in [-0.4, -0.2) is 33.7 Å². The predicted octanol–water partition coefficient (Wildman–Crippen LogP) is 3.34. The van der Waals surface area contributed by atoms with Gasteiger partial charge in [0.1, 0.15) is 9.09 Å². The Kier molecular flexibility index (Phi) is 5.41. The van der Waals surface area contributed by atoms with E-state index in [0.717, 1.165) is 0 Å². The summed E-state index contributed by atoms with van der Waals surface area (Å²) >= 11 is 3.96. The van der Waals surface area contributed by atoms with E-state index >= 15 is 0 Å². The molecule has 10 heteroatoms. The predicted molar refractivity (Wildman–Crippen MR) is 94.1 cm³/mol. The highest BCUT2D eigenvalue weighted by Gasteiger charge is 2.23. The van der Waals surface area contributed by atoms with Gasteiger partial charge in [-0.25, -0.2) is 13.2 Å². The van der Waals surface area contributed by atoms with Crippen molar-refractivity contribution in [1.29, 1.82) is 0 Å². The van der Waals surface area contributed by atoms with Crippen molar-refractivity contribution in [2.75, 3.05) is 18.9 Å². The number of carbonyl (C=O) groups is 1. The van der Waals surface area contributed by atoms with Crippen LogP contribution in [0.4, 0.5) is 5.69 Å². The minimum Gasteiger partial charge on any atom is -0.493 e. The van der Waals surface area contributed by atoms with Crippen molar-refractivity contribution in [2.45, 2.75) is 11.1 Å². The van der Waals surface area contributed by atoms with Crippen molar-refractivity contribution >= 4 is 48.9 Å². The topological polar surface area (TPSA) is 102 Å². The molecule has 0 saturated carbocycles. The highest BCUT2D eigenvalue weighted by atomic mass is 79.9. The third-order valence-corrected chi connectivity index (χ3v) is 6.79. The maximum Gasteiger partial charge on any atom is 0.346 e. The van der Waals surface area contributed by atoms with Crippen molar-refractivity contribution in [3.8, 4) is 11.5 Å². The average molecular weight is 436 g/mol. The normalized spacial score (nSPS) is 11.2. The lowest BCUT2D eigenvalue weighted by Crippen LogP contribution is -2.12. The smallest absolute Gasteiger partial charge is 0.346 e. The molecule has 0 aliphatic heterocycles. The molecule has 130 valence electrons. The fourth-order valence-electron chi connectivity index (χ4n) is 1.93. The second-order valence-electron chi connectivity index (χ2n) is 4.68. The summed E-state index contributed by atoms with van der Waals surface area (Å²) in [6.07, 6.45) is 0. The number of methoxy groups -OCH3 is 2. The van der Waals surface area contributed by atoms with Gasteiger partial charge in [-0.2, -0.15) is 0 Å². The Labute approximate surface area is 151 Å². The molecule has 7 nitrogen and oxygen atoms in total. The van der Waals surface area contributed by atoms with Gasteiger partial charge in [0.25, 0.3) is 10.0 Å². The Balaban J connectivity index is 2.43. The number of ether oxygens (including phenoxy) is 2. The lowest BCUT2D eigenvalue weighted by atomic mass is 10.3. The molecule has 0 aliphatic rings. The molecule has 0 spiro atoms. The molecule has 0 aliphatic carbocycles. The van der Waals surface area contributed by atoms with E-state index in [2.05, 4.69) is 20.7 Å². The lowest BCUT2D eigenvalue weighted by molar-refractivity contribution is 0.0701. The minimum absolute atomic E-state index is 0.0123. The summed E-state index contributed by atoms with van der Waals surface area (Å²) in [6.45, 7) is 1.55. The van der Waals surface area contributed by atoms with Gasteiger partial charge in [-0.1, -0.05) is 0 Å². The number of hydrogen-bond acceptors (Lipinski definition) is 6. The summed E-state index contributed by atoms with van der Waals surface area (Å²) in [6, 6.07) is 4.36. The van der Waals surface area contributed by atoms with Crippen LogP contribution in [0.25, 0.3) is 0 Å². The van der Waals surface area contributed by atoms with Crippen LogP contribution in [0.15, 0.2) is 26.9 Å². The number of aryl methyl sites for hydroxylation is 1. The highest BCUT2D eigenvalue weighted by Crippen LogP contribution is 2.37. The van der Waals surface area contributed by atoms with Crippen LogP contribution in [0.5, 0.6) is 11.5 Å². The number of halogens is 1. The molecule has 0 amide bonds. The molecule has 1 aromatic heterocycles. The van der Waals surface area contributed by atoms with Crippen LogP contribution in [-0.2, 0) is 10.0 Å². The Hall–Kier alpha value is -1.78. The number of anilines is 1. The van der Waals surface area contributed by atoms with E-state index in [1.54, 1.807) is 13.0 Å². The van der Waals surface area contributed by atoms with E-state index in [1.165, 1.54) is 26.4 Å². The standard InChI is InChI=1S/C14H14BrNO6S2/c1-7-4-12(23-13(7)14(17)18)24(19,20)16-9-6-11(22-3)10(21-2)5-8(9)15/h4-6,16H,1-3H3,(H,17,18). The summed E-state index contributed by atoms with van der Waals surface area (Å²) in [5.41, 5.74) is 0.634. The van der Waals surface area contributed by atoms with Crippen molar-refractivity contribution < 1.29 is 27.8 Å². The lowest BCUT2D eigenvalue weighted by Gasteiger charge is -2.13. The van der Waals surface area contributed by atoms with Crippen molar-refractivity contribution in [3.05, 3.63) is 33.1 Å². The van der Waals surface area contributed by atoms with E-state index in [0.29, 0.717) is 32.9 Å². The van der Waals surface area contributed by atoms with E-state index < -0.39 is 16.0 Å². The summed E-state index contributed by atoms with van der Waals surface area (Å²) in [7, 11) is -1.03. The molecule has 0 atom stereocenters. The summed E-state index contributed by atoms with van der Waals surface area (Å²) in [5.74, 6) is -0.370. The third kappa shape index (κ3) is 3.65. The van der Waals surface area contributed by atoms with Gasteiger partial charge >= 0.3 is 5.97 Å². The molecule has 0 radical (unpaired) electrons. The minimum atomic E-state index is -3.94. The second kappa shape index (κ2) is 6.99. The quantitative estimate of drug-likeness (QED) is 0.721.